The molecule has 0 radical (unpaired) electrons. The minimum Gasteiger partial charge on any atom is -0.399 e. The summed E-state index contributed by atoms with van der Waals surface area (Å²) in [5.41, 5.74) is 9.54. The number of rotatable bonds is 5. The summed E-state index contributed by atoms with van der Waals surface area (Å²) in [7, 11) is 0. The van der Waals surface area contributed by atoms with Crippen LogP contribution in [0.4, 0.5) is 5.69 Å². The van der Waals surface area contributed by atoms with Crippen LogP contribution in [0.3, 0.4) is 0 Å². The van der Waals surface area contributed by atoms with E-state index in [1.165, 1.54) is 43.2 Å². The zero-order valence-corrected chi connectivity index (χ0v) is 11.5. The smallest absolute Gasteiger partial charge is 0.0594 e. The van der Waals surface area contributed by atoms with Crippen molar-refractivity contribution in [1.82, 2.24) is 5.32 Å². The lowest BCUT2D eigenvalue weighted by atomic mass is 10.1. The molecule has 2 aliphatic rings. The molecule has 3 rings (SSSR count). The van der Waals surface area contributed by atoms with Gasteiger partial charge in [-0.2, -0.15) is 0 Å². The molecular formula is C16H24N2O. The summed E-state index contributed by atoms with van der Waals surface area (Å²) in [6.07, 6.45) is 8.05. The van der Waals surface area contributed by atoms with Crippen LogP contribution in [-0.2, 0) is 11.2 Å². The van der Waals surface area contributed by atoms with Gasteiger partial charge in [0, 0.05) is 18.3 Å². The molecule has 0 aliphatic heterocycles. The molecule has 1 aromatic rings. The molecule has 1 aromatic carbocycles. The number of nitrogen functional groups attached to an aromatic ring is 1. The van der Waals surface area contributed by atoms with E-state index < -0.39 is 0 Å². The van der Waals surface area contributed by atoms with E-state index in [1.54, 1.807) is 0 Å². The fourth-order valence-corrected chi connectivity index (χ4v) is 3.36. The first-order valence-corrected chi connectivity index (χ1v) is 7.56. The van der Waals surface area contributed by atoms with Gasteiger partial charge >= 0.3 is 0 Å². The molecule has 1 fully saturated rings. The lowest BCUT2D eigenvalue weighted by molar-refractivity contribution is 0.0591. The van der Waals surface area contributed by atoms with Crippen molar-refractivity contribution in [3.8, 4) is 0 Å². The van der Waals surface area contributed by atoms with E-state index in [1.807, 2.05) is 6.07 Å². The average Bonchev–Trinajstić information content (AvgIpc) is 3.03. The lowest BCUT2D eigenvalue weighted by Gasteiger charge is -2.16. The third kappa shape index (κ3) is 3.10. The van der Waals surface area contributed by atoms with Crippen molar-refractivity contribution < 1.29 is 4.74 Å². The first-order chi connectivity index (χ1) is 9.33. The molecule has 1 saturated carbocycles. The van der Waals surface area contributed by atoms with Crippen LogP contribution < -0.4 is 11.1 Å². The normalized spacial score (nSPS) is 22.8. The van der Waals surface area contributed by atoms with E-state index >= 15 is 0 Å². The Balaban J connectivity index is 1.44. The Labute approximate surface area is 115 Å². The van der Waals surface area contributed by atoms with Gasteiger partial charge in [-0.3, -0.25) is 0 Å². The molecule has 1 atom stereocenters. The van der Waals surface area contributed by atoms with E-state index in [0.717, 1.165) is 25.3 Å². The Kier molecular flexibility index (Phi) is 4.04. The SMILES string of the molecule is Nc1ccc2c(c1)CCC2NCCOC1CCCC1. The van der Waals surface area contributed by atoms with Gasteiger partial charge in [0.15, 0.2) is 0 Å². The molecule has 0 spiro atoms. The fourth-order valence-electron chi connectivity index (χ4n) is 3.36. The quantitative estimate of drug-likeness (QED) is 0.632. The first kappa shape index (κ1) is 12.9. The third-order valence-electron chi connectivity index (χ3n) is 4.39. The zero-order chi connectivity index (χ0) is 13.1. The molecule has 104 valence electrons. The van der Waals surface area contributed by atoms with Crippen molar-refractivity contribution in [2.75, 3.05) is 18.9 Å². The van der Waals surface area contributed by atoms with Crippen molar-refractivity contribution in [2.45, 2.75) is 50.7 Å². The number of benzene rings is 1. The molecule has 19 heavy (non-hydrogen) atoms. The maximum absolute atomic E-state index is 5.89. The highest BCUT2D eigenvalue weighted by Crippen LogP contribution is 2.32. The van der Waals surface area contributed by atoms with Crippen LogP contribution in [0.25, 0.3) is 0 Å². The minimum absolute atomic E-state index is 0.489. The highest BCUT2D eigenvalue weighted by atomic mass is 16.5. The van der Waals surface area contributed by atoms with Gasteiger partial charge in [0.25, 0.3) is 0 Å². The van der Waals surface area contributed by atoms with E-state index in [2.05, 4.69) is 17.4 Å². The van der Waals surface area contributed by atoms with Crippen molar-refractivity contribution in [3.63, 3.8) is 0 Å². The molecule has 3 nitrogen and oxygen atoms in total. The van der Waals surface area contributed by atoms with Crippen LogP contribution in [0.2, 0.25) is 0 Å². The predicted octanol–water partition coefficient (Wildman–Crippen LogP) is 2.80. The number of anilines is 1. The van der Waals surface area contributed by atoms with Crippen LogP contribution >= 0.6 is 0 Å². The number of hydrogen-bond donors (Lipinski definition) is 2. The Hall–Kier alpha value is -1.06. The van der Waals surface area contributed by atoms with Gasteiger partial charge in [-0.25, -0.2) is 0 Å². The second kappa shape index (κ2) is 5.93. The summed E-state index contributed by atoms with van der Waals surface area (Å²) in [4.78, 5) is 0. The van der Waals surface area contributed by atoms with E-state index in [9.17, 15) is 0 Å². The van der Waals surface area contributed by atoms with Gasteiger partial charge in [0.2, 0.25) is 0 Å². The number of nitrogens with two attached hydrogens (primary N) is 1. The van der Waals surface area contributed by atoms with E-state index in [-0.39, 0.29) is 0 Å². The summed E-state index contributed by atoms with van der Waals surface area (Å²) >= 11 is 0. The fraction of sp³-hybridized carbons (Fsp3) is 0.625. The maximum Gasteiger partial charge on any atom is 0.0594 e. The second-order valence-corrected chi connectivity index (χ2v) is 5.78. The van der Waals surface area contributed by atoms with Gasteiger partial charge in [-0.15, -0.1) is 0 Å². The van der Waals surface area contributed by atoms with Crippen LogP contribution in [0.15, 0.2) is 18.2 Å². The van der Waals surface area contributed by atoms with E-state index in [0.29, 0.717) is 12.1 Å². The van der Waals surface area contributed by atoms with Crippen molar-refractivity contribution >= 4 is 5.69 Å². The monoisotopic (exact) mass is 260 g/mol. The molecular weight excluding hydrogens is 236 g/mol. The molecule has 0 bridgehead atoms. The highest BCUT2D eigenvalue weighted by molar-refractivity contribution is 5.47. The standard InChI is InChI=1S/C16H24N2O/c17-13-6-7-15-12(11-13)5-8-16(15)18-9-10-19-14-3-1-2-4-14/h6-7,11,14,16,18H,1-5,8-10,17H2. The van der Waals surface area contributed by atoms with Crippen molar-refractivity contribution in [1.29, 1.82) is 0 Å². The number of aryl methyl sites for hydroxylation is 1. The number of hydrogen-bond acceptors (Lipinski definition) is 3. The Morgan fingerprint density at radius 2 is 2.05 bits per heavy atom. The summed E-state index contributed by atoms with van der Waals surface area (Å²) in [5, 5.41) is 3.62. The van der Waals surface area contributed by atoms with Crippen LogP contribution in [0, 0.1) is 0 Å². The van der Waals surface area contributed by atoms with Crippen molar-refractivity contribution in [3.05, 3.63) is 29.3 Å². The maximum atomic E-state index is 5.89. The van der Waals surface area contributed by atoms with Crippen molar-refractivity contribution in [2.24, 2.45) is 0 Å². The third-order valence-corrected chi connectivity index (χ3v) is 4.39. The molecule has 0 saturated heterocycles. The summed E-state index contributed by atoms with van der Waals surface area (Å²) in [6, 6.07) is 6.79. The average molecular weight is 260 g/mol. The minimum atomic E-state index is 0.489. The molecule has 0 aromatic heterocycles. The second-order valence-electron chi connectivity index (χ2n) is 5.78. The summed E-state index contributed by atoms with van der Waals surface area (Å²) < 4.78 is 5.89. The highest BCUT2D eigenvalue weighted by Gasteiger charge is 2.22. The largest absolute Gasteiger partial charge is 0.399 e. The number of fused-ring (bicyclic) bond motifs is 1. The van der Waals surface area contributed by atoms with Crippen LogP contribution in [0.1, 0.15) is 49.3 Å². The van der Waals surface area contributed by atoms with E-state index in [4.69, 9.17) is 10.5 Å². The predicted molar refractivity (Wildman–Crippen MR) is 78.1 cm³/mol. The Morgan fingerprint density at radius 1 is 1.21 bits per heavy atom. The molecule has 0 amide bonds. The summed E-state index contributed by atoms with van der Waals surface area (Å²) in [6.45, 7) is 1.79. The molecule has 3 N–H and O–H groups in total. The van der Waals surface area contributed by atoms with Gasteiger partial charge in [-0.05, 0) is 48.9 Å². The first-order valence-electron chi connectivity index (χ1n) is 7.56. The topological polar surface area (TPSA) is 47.3 Å². The lowest BCUT2D eigenvalue weighted by Crippen LogP contribution is -2.25. The van der Waals surface area contributed by atoms with Gasteiger partial charge in [-0.1, -0.05) is 18.9 Å². The van der Waals surface area contributed by atoms with Crippen LogP contribution in [0.5, 0.6) is 0 Å². The summed E-state index contributed by atoms with van der Waals surface area (Å²) in [5.74, 6) is 0. The van der Waals surface area contributed by atoms with Crippen LogP contribution in [-0.4, -0.2) is 19.3 Å². The number of nitrogens with one attached hydrogen (secondary N) is 1. The molecule has 3 heteroatoms. The molecule has 0 heterocycles. The van der Waals surface area contributed by atoms with Gasteiger partial charge in [0.1, 0.15) is 0 Å². The Bertz CT molecular complexity index is 427. The molecule has 2 aliphatic carbocycles. The molecule has 1 unspecified atom stereocenters. The van der Waals surface area contributed by atoms with Gasteiger partial charge < -0.3 is 15.8 Å². The Morgan fingerprint density at radius 3 is 2.89 bits per heavy atom. The number of ether oxygens (including phenoxy) is 1. The van der Waals surface area contributed by atoms with Gasteiger partial charge in [0.05, 0.1) is 12.7 Å². The zero-order valence-electron chi connectivity index (χ0n) is 11.5.